The minimum Gasteiger partial charge on any atom is -0.312 e. The highest BCUT2D eigenvalue weighted by Crippen LogP contribution is 2.13. The summed E-state index contributed by atoms with van der Waals surface area (Å²) in [6, 6.07) is 11.4. The van der Waals surface area contributed by atoms with Gasteiger partial charge in [0.1, 0.15) is 0 Å². The summed E-state index contributed by atoms with van der Waals surface area (Å²) >= 11 is 0. The smallest absolute Gasteiger partial charge is 0.0522 e. The minimum absolute atomic E-state index is 0.630. The zero-order chi connectivity index (χ0) is 14.5. The summed E-state index contributed by atoms with van der Waals surface area (Å²) in [7, 11) is 1.97. The maximum Gasteiger partial charge on any atom is 0.0522 e. The van der Waals surface area contributed by atoms with Gasteiger partial charge in [-0.15, -0.1) is 0 Å². The molecular formula is C17H24N4. The third-order valence-corrected chi connectivity index (χ3v) is 4.13. The van der Waals surface area contributed by atoms with Crippen LogP contribution in [0.2, 0.25) is 0 Å². The molecular weight excluding hydrogens is 260 g/mol. The van der Waals surface area contributed by atoms with Crippen LogP contribution in [0, 0.1) is 0 Å². The summed E-state index contributed by atoms with van der Waals surface area (Å²) in [6.07, 6.45) is 6.36. The number of aryl methyl sites for hydroxylation is 1. The Morgan fingerprint density at radius 3 is 2.86 bits per heavy atom. The number of benzene rings is 1. The first-order valence-corrected chi connectivity index (χ1v) is 7.77. The van der Waals surface area contributed by atoms with Gasteiger partial charge in [-0.1, -0.05) is 30.3 Å². The quantitative estimate of drug-likeness (QED) is 0.878. The van der Waals surface area contributed by atoms with Gasteiger partial charge in [-0.05, 0) is 30.5 Å². The van der Waals surface area contributed by atoms with Crippen LogP contribution >= 0.6 is 0 Å². The molecule has 21 heavy (non-hydrogen) atoms. The Bertz CT molecular complexity index is 549. The van der Waals surface area contributed by atoms with E-state index in [2.05, 4.69) is 51.8 Å². The van der Waals surface area contributed by atoms with Gasteiger partial charge >= 0.3 is 0 Å². The Balaban J connectivity index is 1.38. The Morgan fingerprint density at radius 2 is 2.10 bits per heavy atom. The predicted octanol–water partition coefficient (Wildman–Crippen LogP) is 1.83. The normalized spacial score (nSPS) is 19.2. The Kier molecular flexibility index (Phi) is 4.68. The van der Waals surface area contributed by atoms with Gasteiger partial charge in [-0.25, -0.2) is 0 Å². The Hall–Kier alpha value is -1.65. The largest absolute Gasteiger partial charge is 0.312 e. The van der Waals surface area contributed by atoms with Gasteiger partial charge in [-0.3, -0.25) is 9.58 Å². The van der Waals surface area contributed by atoms with E-state index in [4.69, 9.17) is 0 Å². The molecule has 1 fully saturated rings. The zero-order valence-corrected chi connectivity index (χ0v) is 12.7. The van der Waals surface area contributed by atoms with Gasteiger partial charge in [0.15, 0.2) is 0 Å². The fourth-order valence-electron chi connectivity index (χ4n) is 3.01. The number of likely N-dealkylation sites (tertiary alicyclic amines) is 1. The standard InChI is InChI=1S/C17H24N4/c1-20-12-16(11-19-20)7-9-18-17-8-10-21(14-17)13-15-5-3-2-4-6-15/h2-6,11-12,17-18H,7-10,13-14H2,1H3. The van der Waals surface area contributed by atoms with E-state index in [9.17, 15) is 0 Å². The van der Waals surface area contributed by atoms with E-state index in [1.54, 1.807) is 0 Å². The molecule has 112 valence electrons. The molecule has 2 heterocycles. The predicted molar refractivity (Wildman–Crippen MR) is 85.0 cm³/mol. The lowest BCUT2D eigenvalue weighted by Crippen LogP contribution is -2.33. The topological polar surface area (TPSA) is 33.1 Å². The molecule has 4 nitrogen and oxygen atoms in total. The second kappa shape index (κ2) is 6.87. The minimum atomic E-state index is 0.630. The van der Waals surface area contributed by atoms with Crippen LogP contribution < -0.4 is 5.32 Å². The summed E-state index contributed by atoms with van der Waals surface area (Å²) in [6.45, 7) is 4.46. The third-order valence-electron chi connectivity index (χ3n) is 4.13. The van der Waals surface area contributed by atoms with E-state index in [1.807, 2.05) is 17.9 Å². The molecule has 0 amide bonds. The molecule has 0 radical (unpaired) electrons. The van der Waals surface area contributed by atoms with Crippen LogP contribution in [-0.4, -0.2) is 40.4 Å². The average molecular weight is 284 g/mol. The van der Waals surface area contributed by atoms with Crippen LogP contribution in [-0.2, 0) is 20.0 Å². The maximum atomic E-state index is 4.21. The van der Waals surface area contributed by atoms with Crippen LogP contribution in [0.25, 0.3) is 0 Å². The number of hydrogen-bond acceptors (Lipinski definition) is 3. The lowest BCUT2D eigenvalue weighted by Gasteiger charge is -2.16. The van der Waals surface area contributed by atoms with Gasteiger partial charge < -0.3 is 5.32 Å². The van der Waals surface area contributed by atoms with Crippen molar-refractivity contribution >= 4 is 0 Å². The SMILES string of the molecule is Cn1cc(CCNC2CCN(Cc3ccccc3)C2)cn1. The fourth-order valence-corrected chi connectivity index (χ4v) is 3.01. The van der Waals surface area contributed by atoms with Crippen molar-refractivity contribution in [1.29, 1.82) is 0 Å². The van der Waals surface area contributed by atoms with Crippen LogP contribution in [0.15, 0.2) is 42.7 Å². The van der Waals surface area contributed by atoms with E-state index >= 15 is 0 Å². The summed E-state index contributed by atoms with van der Waals surface area (Å²) < 4.78 is 1.87. The molecule has 1 N–H and O–H groups in total. The Morgan fingerprint density at radius 1 is 1.24 bits per heavy atom. The molecule has 1 aliphatic heterocycles. The molecule has 4 heteroatoms. The molecule has 1 unspecified atom stereocenters. The maximum absolute atomic E-state index is 4.21. The van der Waals surface area contributed by atoms with Crippen molar-refractivity contribution in [2.24, 2.45) is 7.05 Å². The fraction of sp³-hybridized carbons (Fsp3) is 0.471. The number of nitrogens with zero attached hydrogens (tertiary/aromatic N) is 3. The van der Waals surface area contributed by atoms with Gasteiger partial charge in [0.2, 0.25) is 0 Å². The second-order valence-electron chi connectivity index (χ2n) is 5.93. The van der Waals surface area contributed by atoms with Crippen molar-refractivity contribution in [3.05, 3.63) is 53.9 Å². The van der Waals surface area contributed by atoms with Gasteiger partial charge in [0.05, 0.1) is 6.20 Å². The first-order valence-electron chi connectivity index (χ1n) is 7.77. The lowest BCUT2D eigenvalue weighted by atomic mass is 10.2. The summed E-state index contributed by atoms with van der Waals surface area (Å²) in [5, 5.41) is 7.88. The van der Waals surface area contributed by atoms with Crippen molar-refractivity contribution in [3.63, 3.8) is 0 Å². The van der Waals surface area contributed by atoms with Crippen molar-refractivity contribution in [2.75, 3.05) is 19.6 Å². The molecule has 0 spiro atoms. The van der Waals surface area contributed by atoms with Crippen LogP contribution in [0.1, 0.15) is 17.5 Å². The molecule has 0 bridgehead atoms. The van der Waals surface area contributed by atoms with E-state index < -0.39 is 0 Å². The zero-order valence-electron chi connectivity index (χ0n) is 12.7. The summed E-state index contributed by atoms with van der Waals surface area (Å²) in [5.41, 5.74) is 2.72. The molecule has 3 rings (SSSR count). The van der Waals surface area contributed by atoms with Crippen molar-refractivity contribution in [3.8, 4) is 0 Å². The Labute approximate surface area is 126 Å². The average Bonchev–Trinajstić information content (AvgIpc) is 3.10. The number of nitrogens with one attached hydrogen (secondary N) is 1. The lowest BCUT2D eigenvalue weighted by molar-refractivity contribution is 0.320. The van der Waals surface area contributed by atoms with Gasteiger partial charge in [0.25, 0.3) is 0 Å². The first kappa shape index (κ1) is 14.3. The van der Waals surface area contributed by atoms with E-state index in [1.165, 1.54) is 24.1 Å². The monoisotopic (exact) mass is 284 g/mol. The highest BCUT2D eigenvalue weighted by molar-refractivity contribution is 5.14. The van der Waals surface area contributed by atoms with Gasteiger partial charge in [0, 0.05) is 38.9 Å². The number of rotatable bonds is 6. The molecule has 1 aromatic carbocycles. The highest BCUT2D eigenvalue weighted by atomic mass is 15.2. The number of hydrogen-bond donors (Lipinski definition) is 1. The molecule has 0 saturated carbocycles. The molecule has 1 aliphatic rings. The summed E-state index contributed by atoms with van der Waals surface area (Å²) in [5.74, 6) is 0. The van der Waals surface area contributed by atoms with Crippen LogP contribution in [0.4, 0.5) is 0 Å². The molecule has 1 saturated heterocycles. The van der Waals surface area contributed by atoms with Gasteiger partial charge in [-0.2, -0.15) is 5.10 Å². The van der Waals surface area contributed by atoms with Crippen molar-refractivity contribution in [2.45, 2.75) is 25.4 Å². The van der Waals surface area contributed by atoms with E-state index in [-0.39, 0.29) is 0 Å². The molecule has 2 aromatic rings. The third kappa shape index (κ3) is 4.16. The first-order chi connectivity index (χ1) is 10.3. The number of aromatic nitrogens is 2. The highest BCUT2D eigenvalue weighted by Gasteiger charge is 2.21. The molecule has 1 atom stereocenters. The van der Waals surface area contributed by atoms with Crippen LogP contribution in [0.5, 0.6) is 0 Å². The van der Waals surface area contributed by atoms with Crippen molar-refractivity contribution < 1.29 is 0 Å². The van der Waals surface area contributed by atoms with E-state index in [0.29, 0.717) is 6.04 Å². The second-order valence-corrected chi connectivity index (χ2v) is 5.93. The molecule has 1 aromatic heterocycles. The molecule has 0 aliphatic carbocycles. The summed E-state index contributed by atoms with van der Waals surface area (Å²) in [4.78, 5) is 2.54. The van der Waals surface area contributed by atoms with Crippen LogP contribution in [0.3, 0.4) is 0 Å². The van der Waals surface area contributed by atoms with E-state index in [0.717, 1.165) is 26.1 Å². The van der Waals surface area contributed by atoms with Crippen molar-refractivity contribution in [1.82, 2.24) is 20.0 Å².